The van der Waals surface area contributed by atoms with Crippen molar-refractivity contribution in [2.75, 3.05) is 19.0 Å². The summed E-state index contributed by atoms with van der Waals surface area (Å²) in [5, 5.41) is 13.4. The van der Waals surface area contributed by atoms with Crippen LogP contribution in [0.1, 0.15) is 12.8 Å². The quantitative estimate of drug-likeness (QED) is 0.454. The van der Waals surface area contributed by atoms with Gasteiger partial charge in [-0.15, -0.1) is 0 Å². The fraction of sp³-hybridized carbons (Fsp3) is 0.417. The number of rotatable bonds is 7. The molecule has 8 heteroatoms. The zero-order valence-corrected chi connectivity index (χ0v) is 11.7. The molecule has 1 aromatic carbocycles. The van der Waals surface area contributed by atoms with Crippen LogP contribution in [0.15, 0.2) is 18.2 Å². The molecule has 0 spiro atoms. The van der Waals surface area contributed by atoms with Gasteiger partial charge in [0.1, 0.15) is 0 Å². The van der Waals surface area contributed by atoms with E-state index in [4.69, 9.17) is 22.1 Å². The van der Waals surface area contributed by atoms with Gasteiger partial charge in [-0.3, -0.25) is 14.9 Å². The first kappa shape index (κ1) is 16.4. The second kappa shape index (κ2) is 7.78. The highest BCUT2D eigenvalue weighted by atomic mass is 35.5. The predicted molar refractivity (Wildman–Crippen MR) is 75.8 cm³/mol. The molecule has 3 N–H and O–H groups in total. The molecule has 1 amide bonds. The van der Waals surface area contributed by atoms with Crippen molar-refractivity contribution in [3.8, 4) is 0 Å². The van der Waals surface area contributed by atoms with Crippen LogP contribution in [0.5, 0.6) is 0 Å². The molecule has 7 nitrogen and oxygen atoms in total. The monoisotopic (exact) mass is 301 g/mol. The second-order valence-electron chi connectivity index (χ2n) is 4.15. The van der Waals surface area contributed by atoms with Crippen molar-refractivity contribution >= 4 is 28.9 Å². The summed E-state index contributed by atoms with van der Waals surface area (Å²) in [6.45, 7) is 0.512. The molecule has 0 fully saturated rings. The number of carbonyl (C=O) groups is 1. The molecular formula is C12H16ClN3O4. The molecule has 1 atom stereocenters. The summed E-state index contributed by atoms with van der Waals surface area (Å²) in [7, 11) is 1.56. The Bertz CT molecular complexity index is 496. The van der Waals surface area contributed by atoms with E-state index in [0.29, 0.717) is 19.4 Å². The van der Waals surface area contributed by atoms with Gasteiger partial charge in [-0.2, -0.15) is 0 Å². The molecule has 1 unspecified atom stereocenters. The second-order valence-corrected chi connectivity index (χ2v) is 4.56. The third-order valence-corrected chi connectivity index (χ3v) is 2.95. The summed E-state index contributed by atoms with van der Waals surface area (Å²) < 4.78 is 4.87. The van der Waals surface area contributed by atoms with Gasteiger partial charge < -0.3 is 15.8 Å². The number of hydrogen-bond acceptors (Lipinski definition) is 5. The fourth-order valence-corrected chi connectivity index (χ4v) is 1.69. The number of anilines is 1. The standard InChI is InChI=1S/C12H16ClN3O4/c1-20-6-2-3-10(14)12(17)15-11-7-8(16(18)19)4-5-9(11)13/h4-5,7,10H,2-3,6,14H2,1H3,(H,15,17). The number of nitrogens with two attached hydrogens (primary N) is 1. The number of carbonyl (C=O) groups excluding carboxylic acids is 1. The first-order valence-electron chi connectivity index (χ1n) is 5.95. The lowest BCUT2D eigenvalue weighted by molar-refractivity contribution is -0.384. The lowest BCUT2D eigenvalue weighted by Crippen LogP contribution is -2.35. The topological polar surface area (TPSA) is 107 Å². The highest BCUT2D eigenvalue weighted by Crippen LogP contribution is 2.26. The highest BCUT2D eigenvalue weighted by Gasteiger charge is 2.16. The maximum absolute atomic E-state index is 11.8. The van der Waals surface area contributed by atoms with Crippen LogP contribution >= 0.6 is 11.6 Å². The molecule has 0 saturated carbocycles. The van der Waals surface area contributed by atoms with E-state index in [1.165, 1.54) is 18.2 Å². The average Bonchev–Trinajstić information content (AvgIpc) is 2.41. The summed E-state index contributed by atoms with van der Waals surface area (Å²) in [5.74, 6) is -0.441. The summed E-state index contributed by atoms with van der Waals surface area (Å²) >= 11 is 5.88. The number of non-ortho nitro benzene ring substituents is 1. The van der Waals surface area contributed by atoms with Gasteiger partial charge in [0, 0.05) is 25.8 Å². The number of methoxy groups -OCH3 is 1. The summed E-state index contributed by atoms with van der Waals surface area (Å²) in [4.78, 5) is 21.9. The van der Waals surface area contributed by atoms with Gasteiger partial charge in [0.15, 0.2) is 0 Å². The van der Waals surface area contributed by atoms with Crippen molar-refractivity contribution in [2.24, 2.45) is 5.73 Å². The third kappa shape index (κ3) is 4.76. The predicted octanol–water partition coefficient (Wildman–Crippen LogP) is 1.94. The number of nitrogens with zero attached hydrogens (tertiary/aromatic N) is 1. The first-order valence-corrected chi connectivity index (χ1v) is 6.33. The number of hydrogen-bond donors (Lipinski definition) is 2. The molecule has 0 heterocycles. The number of ether oxygens (including phenoxy) is 1. The third-order valence-electron chi connectivity index (χ3n) is 2.62. The maximum Gasteiger partial charge on any atom is 0.271 e. The zero-order valence-electron chi connectivity index (χ0n) is 11.0. The van der Waals surface area contributed by atoms with Gasteiger partial charge >= 0.3 is 0 Å². The van der Waals surface area contributed by atoms with Gasteiger partial charge in [0.2, 0.25) is 5.91 Å². The van der Waals surface area contributed by atoms with Crippen LogP contribution < -0.4 is 11.1 Å². The fourth-order valence-electron chi connectivity index (χ4n) is 1.53. The van der Waals surface area contributed by atoms with E-state index >= 15 is 0 Å². The Hall–Kier alpha value is -1.70. The Kier molecular flexibility index (Phi) is 6.37. The largest absolute Gasteiger partial charge is 0.385 e. The normalized spacial score (nSPS) is 11.9. The Morgan fingerprint density at radius 3 is 2.90 bits per heavy atom. The molecule has 0 bridgehead atoms. The van der Waals surface area contributed by atoms with E-state index < -0.39 is 16.9 Å². The van der Waals surface area contributed by atoms with Crippen molar-refractivity contribution in [1.29, 1.82) is 0 Å². The number of nitrogens with one attached hydrogen (secondary N) is 1. The van der Waals surface area contributed by atoms with Gasteiger partial charge in [-0.05, 0) is 18.9 Å². The highest BCUT2D eigenvalue weighted by molar-refractivity contribution is 6.33. The molecule has 0 aliphatic heterocycles. The zero-order chi connectivity index (χ0) is 15.1. The van der Waals surface area contributed by atoms with Gasteiger partial charge in [-0.25, -0.2) is 0 Å². The van der Waals surface area contributed by atoms with Crippen LogP contribution in [-0.2, 0) is 9.53 Å². The number of halogens is 1. The Morgan fingerprint density at radius 2 is 2.30 bits per heavy atom. The molecule has 1 rings (SSSR count). The van der Waals surface area contributed by atoms with Gasteiger partial charge in [0.05, 0.1) is 21.7 Å². The van der Waals surface area contributed by atoms with E-state index in [9.17, 15) is 14.9 Å². The van der Waals surface area contributed by atoms with Crippen LogP contribution in [0.25, 0.3) is 0 Å². The molecule has 0 aromatic heterocycles. The van der Waals surface area contributed by atoms with Crippen LogP contribution in [0.2, 0.25) is 5.02 Å². The van der Waals surface area contributed by atoms with E-state index in [-0.39, 0.29) is 16.4 Å². The SMILES string of the molecule is COCCCC(N)C(=O)Nc1cc([N+](=O)[O-])ccc1Cl. The van der Waals surface area contributed by atoms with Crippen molar-refractivity contribution in [1.82, 2.24) is 0 Å². The lowest BCUT2D eigenvalue weighted by atomic mass is 10.1. The minimum atomic E-state index is -0.722. The van der Waals surface area contributed by atoms with Crippen molar-refractivity contribution in [3.05, 3.63) is 33.3 Å². The molecule has 110 valence electrons. The van der Waals surface area contributed by atoms with Crippen LogP contribution in [0.3, 0.4) is 0 Å². The summed E-state index contributed by atoms with van der Waals surface area (Å²) in [6.07, 6.45) is 1.10. The lowest BCUT2D eigenvalue weighted by Gasteiger charge is -2.12. The Balaban J connectivity index is 2.69. The van der Waals surface area contributed by atoms with Crippen LogP contribution in [0.4, 0.5) is 11.4 Å². The molecule has 20 heavy (non-hydrogen) atoms. The van der Waals surface area contributed by atoms with Gasteiger partial charge in [0.25, 0.3) is 5.69 Å². The number of nitro benzene ring substituents is 1. The smallest absolute Gasteiger partial charge is 0.271 e. The van der Waals surface area contributed by atoms with Crippen molar-refractivity contribution in [3.63, 3.8) is 0 Å². The van der Waals surface area contributed by atoms with Crippen LogP contribution in [0, 0.1) is 10.1 Å². The minimum Gasteiger partial charge on any atom is -0.385 e. The van der Waals surface area contributed by atoms with E-state index in [1.807, 2.05) is 0 Å². The van der Waals surface area contributed by atoms with Crippen LogP contribution in [-0.4, -0.2) is 30.6 Å². The Morgan fingerprint density at radius 1 is 1.60 bits per heavy atom. The molecular weight excluding hydrogens is 286 g/mol. The van der Waals surface area contributed by atoms with Crippen molar-refractivity contribution < 1.29 is 14.5 Å². The number of amides is 1. The molecule has 0 aliphatic carbocycles. The molecule has 0 saturated heterocycles. The molecule has 0 radical (unpaired) electrons. The van der Waals surface area contributed by atoms with E-state index in [0.717, 1.165) is 0 Å². The molecule has 1 aromatic rings. The maximum atomic E-state index is 11.8. The summed E-state index contributed by atoms with van der Waals surface area (Å²) in [5.41, 5.74) is 5.73. The van der Waals surface area contributed by atoms with E-state index in [2.05, 4.69) is 5.32 Å². The average molecular weight is 302 g/mol. The minimum absolute atomic E-state index is 0.155. The van der Waals surface area contributed by atoms with Crippen molar-refractivity contribution in [2.45, 2.75) is 18.9 Å². The summed E-state index contributed by atoms with van der Waals surface area (Å²) in [6, 6.07) is 3.09. The Labute approximate surface area is 121 Å². The van der Waals surface area contributed by atoms with Gasteiger partial charge in [-0.1, -0.05) is 11.6 Å². The first-order chi connectivity index (χ1) is 9.45. The number of nitro groups is 1. The molecule has 0 aliphatic rings. The number of benzene rings is 1. The van der Waals surface area contributed by atoms with E-state index in [1.54, 1.807) is 7.11 Å².